The standard InChI is InChI=1S/C12H15N3S/c1-8(2)12-14-9(7-11(13-3)15-12)10-5-4-6-16-10/h4-8H,1-3H3,(H,13,14,15). The van der Waals surface area contributed by atoms with Gasteiger partial charge in [-0.1, -0.05) is 19.9 Å². The Morgan fingerprint density at radius 2 is 2.12 bits per heavy atom. The molecule has 0 spiro atoms. The van der Waals surface area contributed by atoms with Crippen LogP contribution in [-0.2, 0) is 0 Å². The molecule has 0 fully saturated rings. The predicted molar refractivity (Wildman–Crippen MR) is 69.0 cm³/mol. The summed E-state index contributed by atoms with van der Waals surface area (Å²) in [5.74, 6) is 2.10. The van der Waals surface area contributed by atoms with Gasteiger partial charge < -0.3 is 5.32 Å². The quantitative estimate of drug-likeness (QED) is 0.883. The molecule has 0 aromatic carbocycles. The van der Waals surface area contributed by atoms with Crippen LogP contribution < -0.4 is 5.32 Å². The number of thiophene rings is 1. The molecule has 1 N–H and O–H groups in total. The maximum absolute atomic E-state index is 4.58. The Kier molecular flexibility index (Phi) is 3.19. The minimum atomic E-state index is 0.340. The molecule has 0 aliphatic carbocycles. The van der Waals surface area contributed by atoms with Crippen LogP contribution in [0.4, 0.5) is 5.82 Å². The minimum Gasteiger partial charge on any atom is -0.373 e. The monoisotopic (exact) mass is 233 g/mol. The summed E-state index contributed by atoms with van der Waals surface area (Å²) in [5, 5.41) is 5.14. The van der Waals surface area contributed by atoms with Gasteiger partial charge in [-0.25, -0.2) is 9.97 Å². The van der Waals surface area contributed by atoms with Gasteiger partial charge in [-0.15, -0.1) is 11.3 Å². The zero-order valence-corrected chi connectivity index (χ0v) is 10.5. The molecule has 0 bridgehead atoms. The van der Waals surface area contributed by atoms with E-state index >= 15 is 0 Å². The fourth-order valence-electron chi connectivity index (χ4n) is 1.40. The second kappa shape index (κ2) is 4.61. The molecule has 3 nitrogen and oxygen atoms in total. The lowest BCUT2D eigenvalue weighted by molar-refractivity contribution is 0.778. The fourth-order valence-corrected chi connectivity index (χ4v) is 2.09. The topological polar surface area (TPSA) is 37.8 Å². The van der Waals surface area contributed by atoms with Crippen molar-refractivity contribution in [3.8, 4) is 10.6 Å². The van der Waals surface area contributed by atoms with E-state index in [2.05, 4.69) is 40.6 Å². The van der Waals surface area contributed by atoms with Gasteiger partial charge in [0.1, 0.15) is 11.6 Å². The molecule has 0 amide bonds. The van der Waals surface area contributed by atoms with Crippen LogP contribution >= 0.6 is 11.3 Å². The van der Waals surface area contributed by atoms with E-state index in [0.717, 1.165) is 17.3 Å². The summed E-state index contributed by atoms with van der Waals surface area (Å²) in [6.45, 7) is 4.21. The lowest BCUT2D eigenvalue weighted by Crippen LogP contribution is -2.02. The molecule has 0 saturated carbocycles. The molecule has 0 atom stereocenters. The van der Waals surface area contributed by atoms with Crippen molar-refractivity contribution in [2.75, 3.05) is 12.4 Å². The predicted octanol–water partition coefficient (Wildman–Crippen LogP) is 3.37. The van der Waals surface area contributed by atoms with Crippen LogP contribution in [0.15, 0.2) is 23.6 Å². The van der Waals surface area contributed by atoms with Crippen molar-refractivity contribution in [3.63, 3.8) is 0 Å². The first-order chi connectivity index (χ1) is 7.70. The molecule has 16 heavy (non-hydrogen) atoms. The molecule has 2 aromatic rings. The molecule has 4 heteroatoms. The van der Waals surface area contributed by atoms with Crippen molar-refractivity contribution < 1.29 is 0 Å². The number of hydrogen-bond donors (Lipinski definition) is 1. The van der Waals surface area contributed by atoms with Crippen molar-refractivity contribution in [3.05, 3.63) is 29.4 Å². The minimum absolute atomic E-state index is 0.340. The van der Waals surface area contributed by atoms with E-state index in [9.17, 15) is 0 Å². The normalized spacial score (nSPS) is 10.8. The van der Waals surface area contributed by atoms with Gasteiger partial charge in [-0.05, 0) is 11.4 Å². The third-order valence-electron chi connectivity index (χ3n) is 2.29. The Morgan fingerprint density at radius 1 is 1.31 bits per heavy atom. The number of hydrogen-bond acceptors (Lipinski definition) is 4. The van der Waals surface area contributed by atoms with Gasteiger partial charge in [-0.3, -0.25) is 0 Å². The van der Waals surface area contributed by atoms with Gasteiger partial charge in [-0.2, -0.15) is 0 Å². The summed E-state index contributed by atoms with van der Waals surface area (Å²) in [6.07, 6.45) is 0. The molecule has 2 heterocycles. The van der Waals surface area contributed by atoms with Crippen LogP contribution in [0.3, 0.4) is 0 Å². The third-order valence-corrected chi connectivity index (χ3v) is 3.18. The third kappa shape index (κ3) is 2.22. The molecule has 2 rings (SSSR count). The number of nitrogens with one attached hydrogen (secondary N) is 1. The number of rotatable bonds is 3. The summed E-state index contributed by atoms with van der Waals surface area (Å²) < 4.78 is 0. The molecular weight excluding hydrogens is 218 g/mol. The van der Waals surface area contributed by atoms with Crippen molar-refractivity contribution in [1.29, 1.82) is 0 Å². The molecule has 0 saturated heterocycles. The van der Waals surface area contributed by atoms with E-state index in [1.165, 1.54) is 4.88 Å². The number of anilines is 1. The maximum atomic E-state index is 4.58. The first-order valence-electron chi connectivity index (χ1n) is 5.31. The fraction of sp³-hybridized carbons (Fsp3) is 0.333. The van der Waals surface area contributed by atoms with Crippen LogP contribution in [0.5, 0.6) is 0 Å². The highest BCUT2D eigenvalue weighted by Gasteiger charge is 2.09. The Balaban J connectivity index is 2.49. The van der Waals surface area contributed by atoms with Crippen LogP contribution in [0.25, 0.3) is 10.6 Å². The van der Waals surface area contributed by atoms with Crippen molar-refractivity contribution >= 4 is 17.2 Å². The lowest BCUT2D eigenvalue weighted by atomic mass is 10.2. The Hall–Kier alpha value is -1.42. The van der Waals surface area contributed by atoms with E-state index in [1.54, 1.807) is 11.3 Å². The van der Waals surface area contributed by atoms with Gasteiger partial charge in [0.25, 0.3) is 0 Å². The van der Waals surface area contributed by atoms with Gasteiger partial charge in [0, 0.05) is 19.0 Å². The van der Waals surface area contributed by atoms with Crippen molar-refractivity contribution in [2.24, 2.45) is 0 Å². The largest absolute Gasteiger partial charge is 0.373 e. The molecule has 0 unspecified atom stereocenters. The number of aromatic nitrogens is 2. The van der Waals surface area contributed by atoms with Crippen LogP contribution in [0, 0.1) is 0 Å². The molecule has 0 aliphatic rings. The Bertz CT molecular complexity index is 463. The average molecular weight is 233 g/mol. The summed E-state index contributed by atoms with van der Waals surface area (Å²) >= 11 is 1.70. The molecule has 0 aliphatic heterocycles. The molecule has 84 valence electrons. The van der Waals surface area contributed by atoms with E-state index in [1.807, 2.05) is 19.2 Å². The first kappa shape index (κ1) is 11.1. The average Bonchev–Trinajstić information content (AvgIpc) is 2.81. The van der Waals surface area contributed by atoms with Gasteiger partial charge in [0.05, 0.1) is 10.6 Å². The molecule has 2 aromatic heterocycles. The van der Waals surface area contributed by atoms with Crippen LogP contribution in [0.2, 0.25) is 0 Å². The van der Waals surface area contributed by atoms with Crippen LogP contribution in [-0.4, -0.2) is 17.0 Å². The SMILES string of the molecule is CNc1cc(-c2cccs2)nc(C(C)C)n1. The van der Waals surface area contributed by atoms with E-state index in [0.29, 0.717) is 5.92 Å². The Morgan fingerprint density at radius 3 is 2.69 bits per heavy atom. The summed E-state index contributed by atoms with van der Waals surface area (Å²) in [5.41, 5.74) is 0.998. The van der Waals surface area contributed by atoms with Crippen molar-refractivity contribution in [2.45, 2.75) is 19.8 Å². The summed E-state index contributed by atoms with van der Waals surface area (Å²) in [4.78, 5) is 10.2. The number of nitrogens with zero attached hydrogens (tertiary/aromatic N) is 2. The highest BCUT2D eigenvalue weighted by Crippen LogP contribution is 2.25. The highest BCUT2D eigenvalue weighted by atomic mass is 32.1. The van der Waals surface area contributed by atoms with Gasteiger partial charge in [0.2, 0.25) is 0 Å². The van der Waals surface area contributed by atoms with E-state index in [-0.39, 0.29) is 0 Å². The zero-order valence-electron chi connectivity index (χ0n) is 9.69. The second-order valence-corrected chi connectivity index (χ2v) is 4.83. The first-order valence-corrected chi connectivity index (χ1v) is 6.19. The maximum Gasteiger partial charge on any atom is 0.133 e. The zero-order chi connectivity index (χ0) is 11.5. The second-order valence-electron chi connectivity index (χ2n) is 3.88. The van der Waals surface area contributed by atoms with Crippen molar-refractivity contribution in [1.82, 2.24) is 9.97 Å². The van der Waals surface area contributed by atoms with Gasteiger partial charge >= 0.3 is 0 Å². The molecule has 0 radical (unpaired) electrons. The van der Waals surface area contributed by atoms with Crippen LogP contribution in [0.1, 0.15) is 25.6 Å². The summed E-state index contributed by atoms with van der Waals surface area (Å²) in [7, 11) is 1.88. The van der Waals surface area contributed by atoms with E-state index < -0.39 is 0 Å². The summed E-state index contributed by atoms with van der Waals surface area (Å²) in [6, 6.07) is 6.10. The highest BCUT2D eigenvalue weighted by molar-refractivity contribution is 7.13. The smallest absolute Gasteiger partial charge is 0.133 e. The Labute approximate surface area is 99.6 Å². The lowest BCUT2D eigenvalue weighted by Gasteiger charge is -2.08. The van der Waals surface area contributed by atoms with Gasteiger partial charge in [0.15, 0.2) is 0 Å². The van der Waals surface area contributed by atoms with E-state index in [4.69, 9.17) is 0 Å². The molecular formula is C12H15N3S.